The second-order valence-electron chi connectivity index (χ2n) is 7.76. The van der Waals surface area contributed by atoms with Gasteiger partial charge in [0.2, 0.25) is 0 Å². The highest BCUT2D eigenvalue weighted by Crippen LogP contribution is 2.48. The van der Waals surface area contributed by atoms with Crippen molar-refractivity contribution in [2.45, 2.75) is 47.5 Å². The summed E-state index contributed by atoms with van der Waals surface area (Å²) in [5.74, 6) is 2.57. The van der Waals surface area contributed by atoms with Gasteiger partial charge in [-0.2, -0.15) is 0 Å². The summed E-state index contributed by atoms with van der Waals surface area (Å²) in [6.45, 7) is 12.5. The predicted octanol–water partition coefficient (Wildman–Crippen LogP) is 6.60. The monoisotopic (exact) mass is 445 g/mol. The van der Waals surface area contributed by atoms with Crippen molar-refractivity contribution in [3.05, 3.63) is 47.0 Å². The van der Waals surface area contributed by atoms with Crippen LogP contribution in [0.3, 0.4) is 0 Å². The van der Waals surface area contributed by atoms with Crippen LogP contribution < -0.4 is 14.9 Å². The average Bonchev–Trinajstić information content (AvgIpc) is 3.16. The fourth-order valence-corrected chi connectivity index (χ4v) is 5.18. The number of rotatable bonds is 9. The van der Waals surface area contributed by atoms with Crippen LogP contribution in [0.25, 0.3) is 10.9 Å². The molecule has 0 saturated heterocycles. The van der Waals surface area contributed by atoms with Crippen molar-refractivity contribution < 1.29 is 23.1 Å². The number of aromatic amines is 1. The molecule has 0 aliphatic carbocycles. The molecule has 0 radical (unpaired) electrons. The lowest BCUT2D eigenvalue weighted by atomic mass is 10.0. The van der Waals surface area contributed by atoms with E-state index in [-0.39, 0.29) is 13.2 Å². The molecule has 1 aromatic heterocycles. The molecule has 3 rings (SSSR count). The van der Waals surface area contributed by atoms with Crippen molar-refractivity contribution in [2.75, 3.05) is 20.3 Å². The highest BCUT2D eigenvalue weighted by molar-refractivity contribution is 7.62. The van der Waals surface area contributed by atoms with Crippen molar-refractivity contribution in [1.29, 1.82) is 0 Å². The summed E-state index contributed by atoms with van der Waals surface area (Å²) in [5.41, 5.74) is 4.41. The van der Waals surface area contributed by atoms with E-state index in [1.54, 1.807) is 21.0 Å². The van der Waals surface area contributed by atoms with Gasteiger partial charge in [0.05, 0.1) is 25.8 Å². The van der Waals surface area contributed by atoms with Crippen LogP contribution in [-0.4, -0.2) is 25.3 Å². The van der Waals surface area contributed by atoms with Crippen LogP contribution in [-0.2, 0) is 13.6 Å². The second kappa shape index (κ2) is 9.47. The van der Waals surface area contributed by atoms with Gasteiger partial charge in [0.15, 0.2) is 0 Å². The zero-order valence-electron chi connectivity index (χ0n) is 19.4. The number of aryl methyl sites for hydroxylation is 1. The molecular formula is C24H32NO5P. The molecule has 0 atom stereocenters. The van der Waals surface area contributed by atoms with Crippen molar-refractivity contribution >= 4 is 23.9 Å². The Balaban J connectivity index is 2.12. The lowest BCUT2D eigenvalue weighted by Crippen LogP contribution is -2.11. The SMILES string of the molecule is CCOP(=O)(OCC)c1cc2c(Oc3ccc(OC)c(C(C)C)c3)c(C)c(C)cc2[nH]1. The Hall–Kier alpha value is -2.27. The third kappa shape index (κ3) is 4.67. The molecule has 0 spiro atoms. The fourth-order valence-electron chi connectivity index (χ4n) is 3.60. The first-order chi connectivity index (χ1) is 14.7. The Bertz CT molecular complexity index is 1110. The summed E-state index contributed by atoms with van der Waals surface area (Å²) in [6, 6.07) is 9.67. The summed E-state index contributed by atoms with van der Waals surface area (Å²) in [7, 11) is -1.76. The number of H-pyrrole nitrogens is 1. The average molecular weight is 445 g/mol. The van der Waals surface area contributed by atoms with Crippen LogP contribution in [0.15, 0.2) is 30.3 Å². The first-order valence-corrected chi connectivity index (χ1v) is 12.2. The van der Waals surface area contributed by atoms with E-state index in [0.29, 0.717) is 11.4 Å². The van der Waals surface area contributed by atoms with Gasteiger partial charge in [0.1, 0.15) is 22.7 Å². The number of hydrogen-bond acceptors (Lipinski definition) is 5. The van der Waals surface area contributed by atoms with Gasteiger partial charge >= 0.3 is 7.60 Å². The van der Waals surface area contributed by atoms with Gasteiger partial charge in [-0.05, 0) is 75.1 Å². The Morgan fingerprint density at radius 3 is 2.29 bits per heavy atom. The lowest BCUT2D eigenvalue weighted by molar-refractivity contribution is 0.229. The maximum Gasteiger partial charge on any atom is 0.377 e. The number of benzene rings is 2. The zero-order chi connectivity index (χ0) is 22.8. The van der Waals surface area contributed by atoms with Crippen molar-refractivity contribution in [3.63, 3.8) is 0 Å². The molecule has 0 saturated carbocycles. The maximum absolute atomic E-state index is 13.3. The van der Waals surface area contributed by atoms with E-state index in [9.17, 15) is 4.57 Å². The quantitative estimate of drug-likeness (QED) is 0.376. The standard InChI is InChI=1S/C24H32NO5P/c1-8-28-31(26,29-9-2)23-14-20-21(25-23)12-16(5)17(6)24(20)30-18-10-11-22(27-7)19(13-18)15(3)4/h10-15,25H,8-9H2,1-7H3. The minimum absolute atomic E-state index is 0.290. The lowest BCUT2D eigenvalue weighted by Gasteiger charge is -2.16. The van der Waals surface area contributed by atoms with Crippen LogP contribution in [0.2, 0.25) is 0 Å². The number of ether oxygens (including phenoxy) is 2. The molecular weight excluding hydrogens is 413 g/mol. The van der Waals surface area contributed by atoms with Gasteiger partial charge in [-0.1, -0.05) is 13.8 Å². The van der Waals surface area contributed by atoms with Crippen molar-refractivity contribution in [3.8, 4) is 17.2 Å². The molecule has 0 amide bonds. The van der Waals surface area contributed by atoms with E-state index in [0.717, 1.165) is 44.8 Å². The van der Waals surface area contributed by atoms with Gasteiger partial charge in [0.25, 0.3) is 0 Å². The van der Waals surface area contributed by atoms with E-state index in [1.807, 2.05) is 44.2 Å². The van der Waals surface area contributed by atoms with Crippen LogP contribution in [0.4, 0.5) is 0 Å². The van der Waals surface area contributed by atoms with Crippen LogP contribution in [0.1, 0.15) is 50.3 Å². The predicted molar refractivity (Wildman–Crippen MR) is 125 cm³/mol. The first-order valence-electron chi connectivity index (χ1n) is 10.6. The van der Waals surface area contributed by atoms with Crippen LogP contribution >= 0.6 is 7.60 Å². The summed E-state index contributed by atoms with van der Waals surface area (Å²) < 4.78 is 36.2. The zero-order valence-corrected chi connectivity index (χ0v) is 20.3. The van der Waals surface area contributed by atoms with E-state index in [1.165, 1.54) is 0 Å². The van der Waals surface area contributed by atoms with Gasteiger partial charge in [-0.3, -0.25) is 4.57 Å². The van der Waals surface area contributed by atoms with Crippen molar-refractivity contribution in [2.24, 2.45) is 0 Å². The summed E-state index contributed by atoms with van der Waals surface area (Å²) in [4.78, 5) is 3.23. The molecule has 2 aromatic carbocycles. The van der Waals surface area contributed by atoms with Gasteiger partial charge in [-0.25, -0.2) is 0 Å². The first kappa shape index (κ1) is 23.4. The van der Waals surface area contributed by atoms with Crippen LogP contribution in [0.5, 0.6) is 17.2 Å². The third-order valence-electron chi connectivity index (χ3n) is 5.31. The normalized spacial score (nSPS) is 12.0. The molecule has 0 unspecified atom stereocenters. The largest absolute Gasteiger partial charge is 0.496 e. The number of fused-ring (bicyclic) bond motifs is 1. The van der Waals surface area contributed by atoms with E-state index in [4.69, 9.17) is 18.5 Å². The molecule has 0 bridgehead atoms. The Labute approximate surface area is 184 Å². The Morgan fingerprint density at radius 1 is 1.03 bits per heavy atom. The topological polar surface area (TPSA) is 69.8 Å². The molecule has 1 N–H and O–H groups in total. The number of nitrogens with one attached hydrogen (secondary N) is 1. The fraction of sp³-hybridized carbons (Fsp3) is 0.417. The summed E-state index contributed by atoms with van der Waals surface area (Å²) in [5, 5.41) is 0.833. The van der Waals surface area contributed by atoms with Gasteiger partial charge < -0.3 is 23.5 Å². The van der Waals surface area contributed by atoms with Gasteiger partial charge in [0, 0.05) is 10.9 Å². The van der Waals surface area contributed by atoms with Crippen LogP contribution in [0, 0.1) is 13.8 Å². The minimum Gasteiger partial charge on any atom is -0.496 e. The summed E-state index contributed by atoms with van der Waals surface area (Å²) >= 11 is 0. The maximum atomic E-state index is 13.3. The van der Waals surface area contributed by atoms with Gasteiger partial charge in [-0.15, -0.1) is 0 Å². The molecule has 0 aliphatic rings. The highest BCUT2D eigenvalue weighted by Gasteiger charge is 2.30. The van der Waals surface area contributed by atoms with E-state index >= 15 is 0 Å². The molecule has 3 aromatic rings. The minimum atomic E-state index is -3.44. The summed E-state index contributed by atoms with van der Waals surface area (Å²) in [6.07, 6.45) is 0. The molecule has 7 heteroatoms. The number of hydrogen-bond donors (Lipinski definition) is 1. The highest BCUT2D eigenvalue weighted by atomic mass is 31.2. The second-order valence-corrected chi connectivity index (χ2v) is 9.75. The molecule has 6 nitrogen and oxygen atoms in total. The third-order valence-corrected chi connectivity index (χ3v) is 7.34. The molecule has 0 aliphatic heterocycles. The van der Waals surface area contributed by atoms with E-state index in [2.05, 4.69) is 18.8 Å². The molecule has 1 heterocycles. The molecule has 31 heavy (non-hydrogen) atoms. The Kier molecular flexibility index (Phi) is 7.15. The molecule has 0 fully saturated rings. The molecule has 168 valence electrons. The smallest absolute Gasteiger partial charge is 0.377 e. The van der Waals surface area contributed by atoms with E-state index < -0.39 is 7.60 Å². The number of methoxy groups -OCH3 is 1. The van der Waals surface area contributed by atoms with Crippen molar-refractivity contribution in [1.82, 2.24) is 4.98 Å². The number of aromatic nitrogens is 1. The Morgan fingerprint density at radius 2 is 1.71 bits per heavy atom.